The summed E-state index contributed by atoms with van der Waals surface area (Å²) in [4.78, 5) is 24.6. The highest BCUT2D eigenvalue weighted by atomic mass is 32.1. The van der Waals surface area contributed by atoms with Crippen LogP contribution in [-0.4, -0.2) is 42.3 Å². The van der Waals surface area contributed by atoms with Gasteiger partial charge >= 0.3 is 5.97 Å². The molecule has 0 bridgehead atoms. The van der Waals surface area contributed by atoms with E-state index in [1.807, 2.05) is 38.1 Å². The largest absolute Gasteiger partial charge is 0.493 e. The second kappa shape index (κ2) is 9.57. The van der Waals surface area contributed by atoms with Gasteiger partial charge in [0.15, 0.2) is 17.2 Å². The van der Waals surface area contributed by atoms with Gasteiger partial charge in [0.2, 0.25) is 0 Å². The first kappa shape index (κ1) is 22.2. The highest BCUT2D eigenvalue weighted by Gasteiger charge is 2.24. The van der Waals surface area contributed by atoms with Crippen molar-refractivity contribution in [3.63, 3.8) is 0 Å². The monoisotopic (exact) mass is 441 g/mol. The second-order valence-corrected chi connectivity index (χ2v) is 7.96. The zero-order chi connectivity index (χ0) is 22.4. The van der Waals surface area contributed by atoms with Gasteiger partial charge in [0, 0.05) is 22.0 Å². The number of ether oxygens (including phenoxy) is 3. The van der Waals surface area contributed by atoms with Crippen LogP contribution in [0, 0.1) is 0 Å². The number of carbonyl (C=O) groups is 2. The quantitative estimate of drug-likeness (QED) is 0.529. The Morgan fingerprint density at radius 1 is 1.03 bits per heavy atom. The van der Waals surface area contributed by atoms with E-state index in [0.717, 1.165) is 17.1 Å². The zero-order valence-corrected chi connectivity index (χ0v) is 18.5. The normalized spacial score (nSPS) is 11.0. The third-order valence-corrected chi connectivity index (χ3v) is 5.21. The molecule has 1 heterocycles. The summed E-state index contributed by atoms with van der Waals surface area (Å²) >= 11 is 1.10. The van der Waals surface area contributed by atoms with Gasteiger partial charge in [-0.2, -0.15) is 0 Å². The molecule has 162 valence electrons. The predicted molar refractivity (Wildman–Crippen MR) is 117 cm³/mol. The lowest BCUT2D eigenvalue weighted by Crippen LogP contribution is -2.26. The van der Waals surface area contributed by atoms with Crippen molar-refractivity contribution in [1.29, 1.82) is 0 Å². The lowest BCUT2D eigenvalue weighted by Gasteiger charge is -2.24. The standard InChI is InChI=1S/C22H23N3O5S/c1-22(2,13-30-21(27)17-12-31-25-24-17)15-6-8-16(9-7-15)23-20(26)14-5-10-18(28-3)19(11-14)29-4/h5-12H,13H2,1-4H3,(H,23,26). The van der Waals surface area contributed by atoms with Crippen molar-refractivity contribution in [2.24, 2.45) is 0 Å². The average Bonchev–Trinajstić information content (AvgIpc) is 3.32. The summed E-state index contributed by atoms with van der Waals surface area (Å²) in [6.45, 7) is 4.12. The first-order valence-corrected chi connectivity index (χ1v) is 10.3. The maximum Gasteiger partial charge on any atom is 0.359 e. The van der Waals surface area contributed by atoms with Gasteiger partial charge in [-0.1, -0.05) is 30.5 Å². The van der Waals surface area contributed by atoms with Crippen molar-refractivity contribution in [2.45, 2.75) is 19.3 Å². The molecule has 8 nitrogen and oxygen atoms in total. The van der Waals surface area contributed by atoms with Crippen molar-refractivity contribution < 1.29 is 23.8 Å². The third kappa shape index (κ3) is 5.37. The van der Waals surface area contributed by atoms with E-state index < -0.39 is 11.4 Å². The Labute approximate surface area is 184 Å². The van der Waals surface area contributed by atoms with Gasteiger partial charge in [0.1, 0.15) is 6.61 Å². The van der Waals surface area contributed by atoms with Gasteiger partial charge < -0.3 is 19.5 Å². The second-order valence-electron chi connectivity index (χ2n) is 7.35. The minimum Gasteiger partial charge on any atom is -0.493 e. The van der Waals surface area contributed by atoms with Crippen molar-refractivity contribution in [1.82, 2.24) is 9.59 Å². The maximum atomic E-state index is 12.6. The molecule has 3 rings (SSSR count). The minimum absolute atomic E-state index is 0.181. The number of benzene rings is 2. The van der Waals surface area contributed by atoms with Crippen LogP contribution in [0.2, 0.25) is 0 Å². The van der Waals surface area contributed by atoms with Gasteiger partial charge in [0.05, 0.1) is 14.2 Å². The molecule has 31 heavy (non-hydrogen) atoms. The molecule has 0 atom stereocenters. The van der Waals surface area contributed by atoms with Gasteiger partial charge in [-0.3, -0.25) is 4.79 Å². The fourth-order valence-electron chi connectivity index (χ4n) is 2.84. The molecule has 0 radical (unpaired) electrons. The van der Waals surface area contributed by atoms with Crippen LogP contribution in [0.25, 0.3) is 0 Å². The molecule has 0 aliphatic heterocycles. The van der Waals surface area contributed by atoms with Crippen molar-refractivity contribution in [3.8, 4) is 11.5 Å². The number of anilines is 1. The van der Waals surface area contributed by atoms with Crippen LogP contribution in [0.15, 0.2) is 47.8 Å². The molecule has 0 aliphatic carbocycles. The summed E-state index contributed by atoms with van der Waals surface area (Å²) in [6.07, 6.45) is 0. The van der Waals surface area contributed by atoms with Crippen molar-refractivity contribution in [2.75, 3.05) is 26.1 Å². The Hall–Kier alpha value is -3.46. The number of nitrogens with zero attached hydrogens (tertiary/aromatic N) is 2. The van der Waals surface area contributed by atoms with Gasteiger partial charge in [-0.15, -0.1) is 5.10 Å². The highest BCUT2D eigenvalue weighted by Crippen LogP contribution is 2.28. The van der Waals surface area contributed by atoms with Crippen LogP contribution in [0.1, 0.15) is 40.3 Å². The molecule has 0 spiro atoms. The molecule has 1 N–H and O–H groups in total. The van der Waals surface area contributed by atoms with Crippen LogP contribution in [0.4, 0.5) is 5.69 Å². The smallest absolute Gasteiger partial charge is 0.359 e. The fraction of sp³-hybridized carbons (Fsp3) is 0.273. The number of carbonyl (C=O) groups excluding carboxylic acids is 2. The SMILES string of the molecule is COc1ccc(C(=O)Nc2ccc(C(C)(C)COC(=O)c3csnn3)cc2)cc1OC. The van der Waals surface area contributed by atoms with Crippen molar-refractivity contribution >= 4 is 29.1 Å². The fourth-order valence-corrected chi connectivity index (χ4v) is 3.27. The van der Waals surface area contributed by atoms with Crippen LogP contribution >= 0.6 is 11.5 Å². The number of hydrogen-bond donors (Lipinski definition) is 1. The first-order chi connectivity index (χ1) is 14.8. The molecular weight excluding hydrogens is 418 g/mol. The first-order valence-electron chi connectivity index (χ1n) is 9.42. The molecule has 0 saturated carbocycles. The molecule has 0 fully saturated rings. The van der Waals surface area contributed by atoms with E-state index in [1.165, 1.54) is 14.2 Å². The van der Waals surface area contributed by atoms with Crippen LogP contribution < -0.4 is 14.8 Å². The Morgan fingerprint density at radius 3 is 2.35 bits per heavy atom. The summed E-state index contributed by atoms with van der Waals surface area (Å²) < 4.78 is 19.5. The molecular formula is C22H23N3O5S. The number of amides is 1. The molecule has 1 amide bonds. The van der Waals surface area contributed by atoms with E-state index in [9.17, 15) is 9.59 Å². The Bertz CT molecular complexity index is 1050. The number of methoxy groups -OCH3 is 2. The molecule has 0 unspecified atom stereocenters. The molecule has 3 aromatic rings. The van der Waals surface area contributed by atoms with Gasteiger partial charge in [-0.25, -0.2) is 4.79 Å². The van der Waals surface area contributed by atoms with E-state index in [0.29, 0.717) is 22.7 Å². The summed E-state index contributed by atoms with van der Waals surface area (Å²) in [5.41, 5.74) is 1.83. The number of hydrogen-bond acceptors (Lipinski definition) is 8. The van der Waals surface area contributed by atoms with Crippen LogP contribution in [0.3, 0.4) is 0 Å². The summed E-state index contributed by atoms with van der Waals surface area (Å²) in [5, 5.41) is 8.12. The Balaban J connectivity index is 1.64. The van der Waals surface area contributed by atoms with Crippen molar-refractivity contribution in [3.05, 3.63) is 64.7 Å². The average molecular weight is 442 g/mol. The number of aromatic nitrogens is 2. The maximum absolute atomic E-state index is 12.6. The lowest BCUT2D eigenvalue weighted by atomic mass is 9.85. The molecule has 1 aromatic heterocycles. The molecule has 2 aromatic carbocycles. The van der Waals surface area contributed by atoms with Crippen LogP contribution in [0.5, 0.6) is 11.5 Å². The highest BCUT2D eigenvalue weighted by molar-refractivity contribution is 7.03. The number of esters is 1. The number of rotatable bonds is 8. The van der Waals surface area contributed by atoms with E-state index in [4.69, 9.17) is 14.2 Å². The van der Waals surface area contributed by atoms with Crippen LogP contribution in [-0.2, 0) is 10.2 Å². The van der Waals surface area contributed by atoms with Gasteiger partial charge in [0.25, 0.3) is 5.91 Å². The molecule has 0 saturated heterocycles. The lowest BCUT2D eigenvalue weighted by molar-refractivity contribution is 0.0420. The Morgan fingerprint density at radius 2 is 1.74 bits per heavy atom. The molecule has 0 aliphatic rings. The number of nitrogens with one attached hydrogen (secondary N) is 1. The third-order valence-electron chi connectivity index (χ3n) is 4.70. The predicted octanol–water partition coefficient (Wildman–Crippen LogP) is 3.94. The summed E-state index contributed by atoms with van der Waals surface area (Å²) in [7, 11) is 3.06. The Kier molecular flexibility index (Phi) is 6.86. The van der Waals surface area contributed by atoms with Gasteiger partial charge in [-0.05, 0) is 47.4 Å². The summed E-state index contributed by atoms with van der Waals surface area (Å²) in [5.74, 6) is 0.270. The van der Waals surface area contributed by atoms with E-state index >= 15 is 0 Å². The van der Waals surface area contributed by atoms with E-state index in [2.05, 4.69) is 14.9 Å². The van der Waals surface area contributed by atoms with E-state index in [-0.39, 0.29) is 18.2 Å². The zero-order valence-electron chi connectivity index (χ0n) is 17.7. The minimum atomic E-state index is -0.499. The van der Waals surface area contributed by atoms with E-state index in [1.54, 1.807) is 23.6 Å². The molecule has 9 heteroatoms. The summed E-state index contributed by atoms with van der Waals surface area (Å²) in [6, 6.07) is 12.4. The topological polar surface area (TPSA) is 99.6 Å².